The van der Waals surface area contributed by atoms with Gasteiger partial charge < -0.3 is 4.90 Å². The Morgan fingerprint density at radius 2 is 1.93 bits per heavy atom. The molecule has 2 aliphatic rings. The van der Waals surface area contributed by atoms with E-state index in [2.05, 4.69) is 15.8 Å². The molecule has 1 N–H and O–H groups in total. The lowest BCUT2D eigenvalue weighted by Gasteiger charge is -2.26. The number of nitrogens with one attached hydrogen (secondary N) is 1. The summed E-state index contributed by atoms with van der Waals surface area (Å²) in [4.78, 5) is 17.9. The predicted octanol–water partition coefficient (Wildman–Crippen LogP) is 2.59. The molecule has 0 unspecified atom stereocenters. The topological polar surface area (TPSA) is 79.4 Å². The number of aromatic nitrogens is 1. The lowest BCUT2D eigenvalue weighted by Crippen LogP contribution is -2.35. The molecule has 1 aromatic carbocycles. The average Bonchev–Trinajstić information content (AvgIpc) is 3.45. The number of pyridine rings is 1. The molecule has 2 heterocycles. The summed E-state index contributed by atoms with van der Waals surface area (Å²) in [6.07, 6.45) is 6.38. The molecule has 1 aromatic heterocycles. The first-order chi connectivity index (χ1) is 12.8. The fourth-order valence-corrected chi connectivity index (χ4v) is 4.70. The van der Waals surface area contributed by atoms with Gasteiger partial charge in [-0.2, -0.15) is 0 Å². The van der Waals surface area contributed by atoms with E-state index in [4.69, 9.17) is 0 Å². The van der Waals surface area contributed by atoms with Crippen LogP contribution in [0.1, 0.15) is 37.3 Å². The largest absolute Gasteiger partial charge is 0.315 e. The highest BCUT2D eigenvalue weighted by molar-refractivity contribution is 7.89. The van der Waals surface area contributed by atoms with E-state index in [1.807, 2.05) is 18.2 Å². The molecular weight excluding hydrogens is 362 g/mol. The van der Waals surface area contributed by atoms with Gasteiger partial charge in [0, 0.05) is 37.1 Å². The van der Waals surface area contributed by atoms with Crippen LogP contribution in [0.4, 0.5) is 5.69 Å². The fourth-order valence-electron chi connectivity index (χ4n) is 3.64. The summed E-state index contributed by atoms with van der Waals surface area (Å²) in [5, 5.41) is 0. The number of rotatable bonds is 5. The molecule has 0 radical (unpaired) electrons. The van der Waals surface area contributed by atoms with Gasteiger partial charge >= 0.3 is 0 Å². The standard InChI is InChI=1S/C20H23N3O3S/c1-3-27(25,26)22-20(8-9-20)17-11-16(12-21-13-17)14-4-6-18-15(10-14)5-7-19(24)23(18)2/h4,6,10-13,22H,3,5,7-9H2,1-2H3. The molecule has 1 saturated carbocycles. The Kier molecular flexibility index (Phi) is 4.31. The number of sulfonamides is 1. The van der Waals surface area contributed by atoms with E-state index >= 15 is 0 Å². The summed E-state index contributed by atoms with van der Waals surface area (Å²) in [7, 11) is -1.47. The highest BCUT2D eigenvalue weighted by Crippen LogP contribution is 2.46. The molecule has 0 saturated heterocycles. The van der Waals surface area contributed by atoms with Crippen molar-refractivity contribution in [1.82, 2.24) is 9.71 Å². The highest BCUT2D eigenvalue weighted by Gasteiger charge is 2.47. The number of hydrogen-bond donors (Lipinski definition) is 1. The minimum atomic E-state index is -3.28. The smallest absolute Gasteiger partial charge is 0.227 e. The molecule has 4 rings (SSSR count). The molecule has 6 nitrogen and oxygen atoms in total. The van der Waals surface area contributed by atoms with Gasteiger partial charge in [-0.1, -0.05) is 6.07 Å². The minimum Gasteiger partial charge on any atom is -0.315 e. The number of amides is 1. The number of carbonyl (C=O) groups is 1. The van der Waals surface area contributed by atoms with E-state index in [0.717, 1.165) is 47.2 Å². The Morgan fingerprint density at radius 1 is 1.15 bits per heavy atom. The van der Waals surface area contributed by atoms with E-state index in [1.165, 1.54) is 0 Å². The molecule has 142 valence electrons. The summed E-state index contributed by atoms with van der Waals surface area (Å²) in [5.74, 6) is 0.205. The van der Waals surface area contributed by atoms with Crippen LogP contribution in [0.25, 0.3) is 11.1 Å². The Labute approximate surface area is 159 Å². The van der Waals surface area contributed by atoms with Gasteiger partial charge in [0.2, 0.25) is 15.9 Å². The molecule has 1 fully saturated rings. The maximum absolute atomic E-state index is 12.0. The maximum atomic E-state index is 12.0. The molecule has 7 heteroatoms. The summed E-state index contributed by atoms with van der Waals surface area (Å²) in [6.45, 7) is 1.64. The zero-order chi connectivity index (χ0) is 19.2. The monoisotopic (exact) mass is 385 g/mol. The SMILES string of the molecule is CCS(=O)(=O)NC1(c2cncc(-c3ccc4c(c3)CCC(=O)N4C)c2)CC1. The first-order valence-corrected chi connectivity index (χ1v) is 10.9. The summed E-state index contributed by atoms with van der Waals surface area (Å²) in [5.41, 5.74) is 4.47. The molecule has 1 amide bonds. The molecule has 0 spiro atoms. The Bertz CT molecular complexity index is 1010. The van der Waals surface area contributed by atoms with Crippen molar-refractivity contribution >= 4 is 21.6 Å². The van der Waals surface area contributed by atoms with Gasteiger partial charge in [-0.15, -0.1) is 0 Å². The zero-order valence-corrected chi connectivity index (χ0v) is 16.3. The van der Waals surface area contributed by atoms with Crippen molar-refractivity contribution in [3.05, 3.63) is 47.8 Å². The molecule has 0 atom stereocenters. The van der Waals surface area contributed by atoms with Crippen LogP contribution in [-0.2, 0) is 26.8 Å². The third kappa shape index (κ3) is 3.37. The molecule has 1 aliphatic heterocycles. The number of anilines is 1. The summed E-state index contributed by atoms with van der Waals surface area (Å²) in [6, 6.07) is 8.10. The average molecular weight is 385 g/mol. The third-order valence-electron chi connectivity index (χ3n) is 5.53. The van der Waals surface area contributed by atoms with Crippen molar-refractivity contribution in [2.45, 2.75) is 38.1 Å². The van der Waals surface area contributed by atoms with Crippen LogP contribution in [0.5, 0.6) is 0 Å². The van der Waals surface area contributed by atoms with Gasteiger partial charge in [-0.05, 0) is 61.1 Å². The molecule has 0 bridgehead atoms. The van der Waals surface area contributed by atoms with Crippen molar-refractivity contribution in [2.24, 2.45) is 0 Å². The van der Waals surface area contributed by atoms with Gasteiger partial charge in [0.25, 0.3) is 0 Å². The zero-order valence-electron chi connectivity index (χ0n) is 15.5. The second-order valence-corrected chi connectivity index (χ2v) is 9.36. The summed E-state index contributed by atoms with van der Waals surface area (Å²) < 4.78 is 26.9. The molecule has 2 aromatic rings. The van der Waals surface area contributed by atoms with Crippen LogP contribution >= 0.6 is 0 Å². The van der Waals surface area contributed by atoms with Crippen LogP contribution < -0.4 is 9.62 Å². The van der Waals surface area contributed by atoms with E-state index < -0.39 is 15.6 Å². The predicted molar refractivity (Wildman–Crippen MR) is 105 cm³/mol. The Hall–Kier alpha value is -2.25. The van der Waals surface area contributed by atoms with Crippen molar-refractivity contribution in [1.29, 1.82) is 0 Å². The molecule has 27 heavy (non-hydrogen) atoms. The molecular formula is C20H23N3O3S. The van der Waals surface area contributed by atoms with E-state index in [1.54, 1.807) is 31.3 Å². The van der Waals surface area contributed by atoms with E-state index in [9.17, 15) is 13.2 Å². The number of benzene rings is 1. The number of aryl methyl sites for hydroxylation is 1. The van der Waals surface area contributed by atoms with Crippen LogP contribution in [0.2, 0.25) is 0 Å². The molecule has 1 aliphatic carbocycles. The normalized spacial score (nSPS) is 18.3. The van der Waals surface area contributed by atoms with Gasteiger partial charge in [-0.3, -0.25) is 9.78 Å². The van der Waals surface area contributed by atoms with Gasteiger partial charge in [0.15, 0.2) is 0 Å². The Morgan fingerprint density at radius 3 is 2.63 bits per heavy atom. The fraction of sp³-hybridized carbons (Fsp3) is 0.400. The van der Waals surface area contributed by atoms with Crippen molar-refractivity contribution < 1.29 is 13.2 Å². The minimum absolute atomic E-state index is 0.0684. The van der Waals surface area contributed by atoms with Crippen LogP contribution in [0.15, 0.2) is 36.7 Å². The van der Waals surface area contributed by atoms with Gasteiger partial charge in [0.05, 0.1) is 11.3 Å². The second-order valence-electron chi connectivity index (χ2n) is 7.35. The highest BCUT2D eigenvalue weighted by atomic mass is 32.2. The number of nitrogens with zero attached hydrogens (tertiary/aromatic N) is 2. The lowest BCUT2D eigenvalue weighted by molar-refractivity contribution is -0.118. The van der Waals surface area contributed by atoms with Crippen molar-refractivity contribution in [3.63, 3.8) is 0 Å². The summed E-state index contributed by atoms with van der Waals surface area (Å²) >= 11 is 0. The van der Waals surface area contributed by atoms with Crippen LogP contribution in [-0.4, -0.2) is 32.1 Å². The van der Waals surface area contributed by atoms with Crippen molar-refractivity contribution in [3.8, 4) is 11.1 Å². The van der Waals surface area contributed by atoms with Crippen LogP contribution in [0, 0.1) is 0 Å². The van der Waals surface area contributed by atoms with Gasteiger partial charge in [0.1, 0.15) is 0 Å². The second kappa shape index (κ2) is 6.42. The Balaban J connectivity index is 1.67. The first kappa shape index (κ1) is 18.1. The van der Waals surface area contributed by atoms with Crippen LogP contribution in [0.3, 0.4) is 0 Å². The number of fused-ring (bicyclic) bond motifs is 1. The van der Waals surface area contributed by atoms with E-state index in [0.29, 0.717) is 6.42 Å². The third-order valence-corrected chi connectivity index (χ3v) is 6.99. The van der Waals surface area contributed by atoms with Gasteiger partial charge in [-0.25, -0.2) is 13.1 Å². The number of carbonyl (C=O) groups excluding carboxylic acids is 1. The lowest BCUT2D eigenvalue weighted by atomic mass is 9.95. The van der Waals surface area contributed by atoms with E-state index in [-0.39, 0.29) is 11.7 Å². The van der Waals surface area contributed by atoms with Crippen molar-refractivity contribution in [2.75, 3.05) is 17.7 Å². The quantitative estimate of drug-likeness (QED) is 0.858. The first-order valence-electron chi connectivity index (χ1n) is 9.21. The number of hydrogen-bond acceptors (Lipinski definition) is 4. The maximum Gasteiger partial charge on any atom is 0.227 e.